The summed E-state index contributed by atoms with van der Waals surface area (Å²) in [5, 5.41) is 5.11. The molecule has 0 N–H and O–H groups in total. The zero-order valence-electron chi connectivity index (χ0n) is 21.9. The maximum absolute atomic E-state index is 3.82. The first-order chi connectivity index (χ1) is 17.0. The van der Waals surface area contributed by atoms with Gasteiger partial charge in [-0.25, -0.2) is 0 Å². The largest absolute Gasteiger partial charge is 3.00 e. The summed E-state index contributed by atoms with van der Waals surface area (Å²) in [6.07, 6.45) is 11.5. The van der Waals surface area contributed by atoms with Crippen LogP contribution in [0.4, 0.5) is 0 Å². The predicted octanol–water partition coefficient (Wildman–Crippen LogP) is 0.886. The fourth-order valence-corrected chi connectivity index (χ4v) is 5.46. The molecule has 0 saturated carbocycles. The average Bonchev–Trinajstić information content (AvgIpc) is 3.53. The van der Waals surface area contributed by atoms with Crippen molar-refractivity contribution in [2.24, 2.45) is 0 Å². The monoisotopic (exact) mass is 609 g/mol. The van der Waals surface area contributed by atoms with Crippen molar-refractivity contribution in [3.63, 3.8) is 0 Å². The molecule has 0 aromatic heterocycles. The molecule has 38 heavy (non-hydrogen) atoms. The van der Waals surface area contributed by atoms with Crippen LogP contribution in [-0.2, 0) is 31.6 Å². The summed E-state index contributed by atoms with van der Waals surface area (Å²) in [5.41, 5.74) is 9.04. The van der Waals surface area contributed by atoms with E-state index in [1.54, 1.807) is 0 Å². The maximum Gasteiger partial charge on any atom is 3.00 e. The molecule has 187 valence electrons. The third kappa shape index (κ3) is 5.35. The Hall–Kier alpha value is -2.44. The second-order valence-corrected chi connectivity index (χ2v) is 10.4. The smallest absolute Gasteiger partial charge is 1.00 e. The molecule has 2 aliphatic carbocycles. The van der Waals surface area contributed by atoms with Gasteiger partial charge in [0.25, 0.3) is 0 Å². The molecule has 0 bridgehead atoms. The molecular weight excluding hydrogens is 583 g/mol. The first-order valence-electron chi connectivity index (χ1n) is 12.4. The standard InChI is InChI=1S/C35H29.2ClH.Zr/c1-35(2,3)31-23-29-28-21-13-12-20-27(28)22-30(29)33(26-18-10-11-19-26)34(31)32(24-14-6-4-7-15-24)25-16-8-5-9-17-25;;;/h4-18,20-21,23H,19H2,1-3H3;2*1H;/q-1;;;+3/p-2. The Balaban J connectivity index is 0.00000133. The van der Waals surface area contributed by atoms with Crippen LogP contribution < -0.4 is 35.3 Å². The summed E-state index contributed by atoms with van der Waals surface area (Å²) < 4.78 is 0. The molecule has 0 nitrogen and oxygen atoms in total. The normalized spacial score (nSPS) is 12.7. The minimum absolute atomic E-state index is 0. The number of benzene rings is 4. The van der Waals surface area contributed by atoms with Crippen molar-refractivity contribution in [3.8, 4) is 0 Å². The van der Waals surface area contributed by atoms with Crippen molar-refractivity contribution in [1.82, 2.24) is 0 Å². The van der Waals surface area contributed by atoms with E-state index in [4.69, 9.17) is 0 Å². The summed E-state index contributed by atoms with van der Waals surface area (Å²) in [7, 11) is 0. The van der Waals surface area contributed by atoms with Crippen molar-refractivity contribution in [2.45, 2.75) is 32.6 Å². The molecule has 0 saturated heterocycles. The van der Waals surface area contributed by atoms with Crippen molar-refractivity contribution >= 4 is 17.2 Å². The van der Waals surface area contributed by atoms with Crippen LogP contribution in [0.2, 0.25) is 0 Å². The molecule has 4 aromatic rings. The predicted molar refractivity (Wildman–Crippen MR) is 147 cm³/mol. The third-order valence-electron chi connectivity index (χ3n) is 7.08. The molecule has 2 aliphatic rings. The van der Waals surface area contributed by atoms with Crippen LogP contribution in [0.25, 0.3) is 17.2 Å². The van der Waals surface area contributed by atoms with Crippen LogP contribution in [0.3, 0.4) is 0 Å². The Morgan fingerprint density at radius 2 is 1.32 bits per heavy atom. The van der Waals surface area contributed by atoms with Crippen LogP contribution in [0.1, 0.15) is 55.0 Å². The van der Waals surface area contributed by atoms with E-state index >= 15 is 0 Å². The molecule has 0 heterocycles. The van der Waals surface area contributed by atoms with E-state index in [0.29, 0.717) is 0 Å². The molecule has 0 aliphatic heterocycles. The Morgan fingerprint density at radius 1 is 0.737 bits per heavy atom. The summed E-state index contributed by atoms with van der Waals surface area (Å²) in [6.45, 7) is 7.02. The Kier molecular flexibility index (Phi) is 9.64. The van der Waals surface area contributed by atoms with E-state index in [1.165, 1.54) is 59.8 Å². The van der Waals surface area contributed by atoms with Crippen molar-refractivity contribution in [1.29, 1.82) is 0 Å². The van der Waals surface area contributed by atoms with Gasteiger partial charge < -0.3 is 24.8 Å². The molecule has 4 aromatic carbocycles. The van der Waals surface area contributed by atoms with Gasteiger partial charge >= 0.3 is 26.2 Å². The first kappa shape index (κ1) is 30.1. The van der Waals surface area contributed by atoms with Gasteiger partial charge in [-0.2, -0.15) is 0 Å². The minimum atomic E-state index is -0.0436. The Bertz CT molecular complexity index is 1680. The van der Waals surface area contributed by atoms with E-state index in [9.17, 15) is 0 Å². The van der Waals surface area contributed by atoms with E-state index in [2.05, 4.69) is 136 Å². The molecule has 0 atom stereocenters. The zero-order chi connectivity index (χ0) is 24.0. The fourth-order valence-electron chi connectivity index (χ4n) is 5.46. The van der Waals surface area contributed by atoms with Gasteiger partial charge in [0.05, 0.1) is 0 Å². The van der Waals surface area contributed by atoms with Gasteiger partial charge in [0.2, 0.25) is 0 Å². The second-order valence-electron chi connectivity index (χ2n) is 10.4. The summed E-state index contributed by atoms with van der Waals surface area (Å²) in [6, 6.07) is 32.9. The van der Waals surface area contributed by atoms with Crippen molar-refractivity contribution < 1.29 is 51.0 Å². The van der Waals surface area contributed by atoms with Crippen molar-refractivity contribution in [2.75, 3.05) is 0 Å². The van der Waals surface area contributed by atoms with Crippen LogP contribution in [-0.4, -0.2) is 0 Å². The second kappa shape index (κ2) is 12.2. The SMILES string of the molecule is CC(C)(C)c1cc2c(c(C3=CC=CC3)c1=C(c1ccccc1)c1ccccc1)[C-]=c1ccccc1=2.[Cl-].[Cl-].[Zr+3]. The summed E-state index contributed by atoms with van der Waals surface area (Å²) in [5.74, 6) is 0. The molecule has 3 heteroatoms. The van der Waals surface area contributed by atoms with Gasteiger partial charge in [-0.15, -0.1) is 33.4 Å². The first-order valence-corrected chi connectivity index (χ1v) is 12.4. The zero-order valence-corrected chi connectivity index (χ0v) is 25.8. The van der Waals surface area contributed by atoms with Crippen LogP contribution in [0.5, 0.6) is 0 Å². The maximum atomic E-state index is 3.82. The Labute approximate surface area is 257 Å². The number of rotatable bonds is 3. The van der Waals surface area contributed by atoms with E-state index in [0.717, 1.165) is 6.42 Å². The summed E-state index contributed by atoms with van der Waals surface area (Å²) in [4.78, 5) is 0. The van der Waals surface area contributed by atoms with Crippen LogP contribution in [0, 0.1) is 10.4 Å². The van der Waals surface area contributed by atoms with E-state index in [-0.39, 0.29) is 56.4 Å². The van der Waals surface area contributed by atoms with Gasteiger partial charge in [0.1, 0.15) is 0 Å². The van der Waals surface area contributed by atoms with Gasteiger partial charge in [-0.1, -0.05) is 135 Å². The molecule has 6 rings (SSSR count). The molecular formula is C35H29Cl2Zr. The number of hydrogen-bond acceptors (Lipinski definition) is 0. The quantitative estimate of drug-likeness (QED) is 0.266. The van der Waals surface area contributed by atoms with Gasteiger partial charge in [0.15, 0.2) is 0 Å². The van der Waals surface area contributed by atoms with Crippen LogP contribution >= 0.6 is 0 Å². The molecule has 0 spiro atoms. The van der Waals surface area contributed by atoms with Crippen molar-refractivity contribution in [3.05, 3.63) is 158 Å². The molecule has 1 radical (unpaired) electrons. The average molecular weight is 612 g/mol. The summed E-state index contributed by atoms with van der Waals surface area (Å²) >= 11 is 0. The fraction of sp³-hybridized carbons (Fsp3) is 0.143. The van der Waals surface area contributed by atoms with E-state index in [1.807, 2.05) is 0 Å². The number of hydrogen-bond donors (Lipinski definition) is 0. The third-order valence-corrected chi connectivity index (χ3v) is 7.08. The molecule has 0 fully saturated rings. The number of fused-ring (bicyclic) bond motifs is 2. The van der Waals surface area contributed by atoms with Gasteiger partial charge in [-0.3, -0.25) is 0 Å². The number of allylic oxidation sites excluding steroid dienone is 4. The topological polar surface area (TPSA) is 0 Å². The van der Waals surface area contributed by atoms with E-state index < -0.39 is 0 Å². The van der Waals surface area contributed by atoms with Gasteiger partial charge in [-0.05, 0) is 39.3 Å². The number of halogens is 2. The van der Waals surface area contributed by atoms with Crippen LogP contribution in [0.15, 0.2) is 109 Å². The molecule has 0 amide bonds. The van der Waals surface area contributed by atoms with Gasteiger partial charge in [0, 0.05) is 0 Å². The Morgan fingerprint density at radius 3 is 1.87 bits per heavy atom. The minimum Gasteiger partial charge on any atom is -1.00 e. The molecule has 0 unspecified atom stereocenters.